The maximum atomic E-state index is 10.9. The lowest BCUT2D eigenvalue weighted by atomic mass is 10.2. The van der Waals surface area contributed by atoms with E-state index in [1.54, 1.807) is 18.2 Å². The highest BCUT2D eigenvalue weighted by Crippen LogP contribution is 2.29. The van der Waals surface area contributed by atoms with Crippen molar-refractivity contribution in [3.63, 3.8) is 0 Å². The molecule has 0 aliphatic rings. The smallest absolute Gasteiger partial charge is 0.293 e. The Balaban J connectivity index is 2.19. The zero-order valence-electron chi connectivity index (χ0n) is 9.22. The van der Waals surface area contributed by atoms with Gasteiger partial charge in [0, 0.05) is 21.7 Å². The van der Waals surface area contributed by atoms with Crippen LogP contribution in [-0.2, 0) is 6.54 Å². The molecule has 0 spiro atoms. The number of anilines is 2. The van der Waals surface area contributed by atoms with Gasteiger partial charge in [-0.1, -0.05) is 11.6 Å². The molecule has 1 aromatic heterocycles. The topological polar surface area (TPSA) is 81.2 Å². The minimum atomic E-state index is -0.466. The summed E-state index contributed by atoms with van der Waals surface area (Å²) in [6.07, 6.45) is 0. The van der Waals surface area contributed by atoms with Crippen LogP contribution in [0.2, 0.25) is 5.02 Å². The quantitative estimate of drug-likeness (QED) is 0.664. The van der Waals surface area contributed by atoms with Crippen molar-refractivity contribution in [2.45, 2.75) is 6.54 Å². The molecule has 94 valence electrons. The highest BCUT2D eigenvalue weighted by atomic mass is 35.5. The van der Waals surface area contributed by atoms with E-state index in [9.17, 15) is 10.1 Å². The molecular formula is C11H10ClN3O2S. The zero-order chi connectivity index (χ0) is 13.1. The Kier molecular flexibility index (Phi) is 3.69. The first-order chi connectivity index (χ1) is 8.58. The van der Waals surface area contributed by atoms with Crippen LogP contribution in [0, 0.1) is 10.1 Å². The second-order valence-corrected chi connectivity index (χ2v) is 5.01. The Bertz CT molecular complexity index is 585. The van der Waals surface area contributed by atoms with Crippen LogP contribution in [0.15, 0.2) is 29.6 Å². The molecule has 2 rings (SSSR count). The summed E-state index contributed by atoms with van der Waals surface area (Å²) < 4.78 is 0. The molecule has 0 aliphatic carbocycles. The molecule has 7 heteroatoms. The van der Waals surface area contributed by atoms with Crippen LogP contribution in [0.4, 0.5) is 17.1 Å². The molecule has 0 fully saturated rings. The lowest BCUT2D eigenvalue weighted by molar-refractivity contribution is -0.383. The molecule has 0 radical (unpaired) electrons. The van der Waals surface area contributed by atoms with Gasteiger partial charge in [0.05, 0.1) is 11.5 Å². The van der Waals surface area contributed by atoms with E-state index in [1.807, 2.05) is 5.38 Å². The molecule has 5 nitrogen and oxygen atoms in total. The predicted molar refractivity (Wildman–Crippen MR) is 74.2 cm³/mol. The number of nitro groups is 1. The number of rotatable bonds is 4. The molecule has 0 atom stereocenters. The van der Waals surface area contributed by atoms with Crippen LogP contribution in [0.3, 0.4) is 0 Å². The number of benzene rings is 1. The fraction of sp³-hybridized carbons (Fsp3) is 0.0909. The van der Waals surface area contributed by atoms with Crippen LogP contribution >= 0.6 is 22.9 Å². The number of halogens is 1. The van der Waals surface area contributed by atoms with E-state index in [0.29, 0.717) is 22.9 Å². The molecule has 0 saturated carbocycles. The van der Waals surface area contributed by atoms with Gasteiger partial charge in [-0.05, 0) is 23.6 Å². The van der Waals surface area contributed by atoms with Gasteiger partial charge < -0.3 is 11.1 Å². The molecule has 1 aromatic carbocycles. The fourth-order valence-corrected chi connectivity index (χ4v) is 2.38. The van der Waals surface area contributed by atoms with Gasteiger partial charge in [-0.25, -0.2) is 0 Å². The van der Waals surface area contributed by atoms with Crippen molar-refractivity contribution in [2.24, 2.45) is 0 Å². The molecule has 0 saturated heterocycles. The van der Waals surface area contributed by atoms with E-state index in [1.165, 1.54) is 17.4 Å². The summed E-state index contributed by atoms with van der Waals surface area (Å²) in [5.41, 5.74) is 6.81. The maximum Gasteiger partial charge on any atom is 0.293 e. The number of thiophene rings is 1. The van der Waals surface area contributed by atoms with Crippen LogP contribution in [0.5, 0.6) is 0 Å². The SMILES string of the molecule is Nc1ccsc1CNc1ccc(Cl)cc1[N+](=O)[O-]. The van der Waals surface area contributed by atoms with Crippen LogP contribution in [0.25, 0.3) is 0 Å². The number of hydrogen-bond acceptors (Lipinski definition) is 5. The van der Waals surface area contributed by atoms with Gasteiger partial charge in [0.2, 0.25) is 0 Å². The Morgan fingerprint density at radius 1 is 1.44 bits per heavy atom. The number of nitrogen functional groups attached to an aromatic ring is 1. The zero-order valence-corrected chi connectivity index (χ0v) is 10.8. The molecule has 18 heavy (non-hydrogen) atoms. The van der Waals surface area contributed by atoms with E-state index in [2.05, 4.69) is 5.32 Å². The van der Waals surface area contributed by atoms with E-state index in [4.69, 9.17) is 17.3 Å². The van der Waals surface area contributed by atoms with Crippen LogP contribution in [0.1, 0.15) is 4.88 Å². The first-order valence-corrected chi connectivity index (χ1v) is 6.33. The highest BCUT2D eigenvalue weighted by Gasteiger charge is 2.14. The molecule has 0 aliphatic heterocycles. The van der Waals surface area contributed by atoms with Crippen molar-refractivity contribution in [1.82, 2.24) is 0 Å². The van der Waals surface area contributed by atoms with Gasteiger partial charge in [-0.15, -0.1) is 11.3 Å². The first-order valence-electron chi connectivity index (χ1n) is 5.07. The fourth-order valence-electron chi connectivity index (χ4n) is 1.48. The summed E-state index contributed by atoms with van der Waals surface area (Å²) in [6, 6.07) is 6.32. The Labute approximate surface area is 112 Å². The molecule has 1 heterocycles. The maximum absolute atomic E-state index is 10.9. The number of nitrogens with two attached hydrogens (primary N) is 1. The van der Waals surface area contributed by atoms with Crippen LogP contribution in [-0.4, -0.2) is 4.92 Å². The normalized spacial score (nSPS) is 10.3. The Morgan fingerprint density at radius 3 is 2.83 bits per heavy atom. The summed E-state index contributed by atoms with van der Waals surface area (Å²) in [7, 11) is 0. The second kappa shape index (κ2) is 5.24. The largest absolute Gasteiger partial charge is 0.398 e. The lowest BCUT2D eigenvalue weighted by Crippen LogP contribution is -2.02. The molecular weight excluding hydrogens is 274 g/mol. The van der Waals surface area contributed by atoms with Crippen molar-refractivity contribution in [3.8, 4) is 0 Å². The van der Waals surface area contributed by atoms with Gasteiger partial charge in [-0.3, -0.25) is 10.1 Å². The predicted octanol–water partition coefficient (Wildman–Crippen LogP) is 3.50. The summed E-state index contributed by atoms with van der Waals surface area (Å²) in [5.74, 6) is 0. The van der Waals surface area contributed by atoms with Gasteiger partial charge >= 0.3 is 0 Å². The summed E-state index contributed by atoms with van der Waals surface area (Å²) in [4.78, 5) is 11.4. The van der Waals surface area contributed by atoms with Crippen molar-refractivity contribution < 1.29 is 4.92 Å². The standard InChI is InChI=1S/C11H10ClN3O2S/c12-7-1-2-9(10(5-7)15(16)17)14-6-11-8(13)3-4-18-11/h1-5,14H,6,13H2. The van der Waals surface area contributed by atoms with Gasteiger partial charge in [0.1, 0.15) is 5.69 Å². The highest BCUT2D eigenvalue weighted by molar-refractivity contribution is 7.10. The lowest BCUT2D eigenvalue weighted by Gasteiger charge is -2.06. The third-order valence-corrected chi connectivity index (χ3v) is 3.55. The van der Waals surface area contributed by atoms with Gasteiger partial charge in [0.15, 0.2) is 0 Å². The minimum Gasteiger partial charge on any atom is -0.398 e. The van der Waals surface area contributed by atoms with Crippen molar-refractivity contribution >= 4 is 40.0 Å². The number of nitrogens with zero attached hydrogens (tertiary/aromatic N) is 1. The molecule has 2 aromatic rings. The van der Waals surface area contributed by atoms with Gasteiger partial charge in [0.25, 0.3) is 5.69 Å². The summed E-state index contributed by atoms with van der Waals surface area (Å²) >= 11 is 7.24. The van der Waals surface area contributed by atoms with E-state index >= 15 is 0 Å². The summed E-state index contributed by atoms with van der Waals surface area (Å²) in [5, 5.41) is 16.1. The number of nitrogens with one attached hydrogen (secondary N) is 1. The molecule has 0 unspecified atom stereocenters. The van der Waals surface area contributed by atoms with E-state index in [-0.39, 0.29) is 5.69 Å². The molecule has 0 amide bonds. The number of nitro benzene ring substituents is 1. The monoisotopic (exact) mass is 283 g/mol. The Hall–Kier alpha value is -1.79. The second-order valence-electron chi connectivity index (χ2n) is 3.57. The van der Waals surface area contributed by atoms with Gasteiger partial charge in [-0.2, -0.15) is 0 Å². The average Bonchev–Trinajstić information content (AvgIpc) is 2.73. The summed E-state index contributed by atoms with van der Waals surface area (Å²) in [6.45, 7) is 0.450. The average molecular weight is 284 g/mol. The van der Waals surface area contributed by atoms with E-state index in [0.717, 1.165) is 4.88 Å². The van der Waals surface area contributed by atoms with Crippen molar-refractivity contribution in [2.75, 3.05) is 11.1 Å². The van der Waals surface area contributed by atoms with Crippen molar-refractivity contribution in [1.29, 1.82) is 0 Å². The number of hydrogen-bond donors (Lipinski definition) is 2. The molecule has 3 N–H and O–H groups in total. The third-order valence-electron chi connectivity index (χ3n) is 2.38. The molecule has 0 bridgehead atoms. The Morgan fingerprint density at radius 2 is 2.22 bits per heavy atom. The third kappa shape index (κ3) is 2.72. The van der Waals surface area contributed by atoms with Crippen molar-refractivity contribution in [3.05, 3.63) is 49.7 Å². The first kappa shape index (κ1) is 12.7. The minimum absolute atomic E-state index is 0.0439. The van der Waals surface area contributed by atoms with E-state index < -0.39 is 4.92 Å². The van der Waals surface area contributed by atoms with Crippen LogP contribution < -0.4 is 11.1 Å².